The topological polar surface area (TPSA) is 71.6 Å². The molecule has 8 aromatic carbocycles. The molecule has 0 aromatic heterocycles. The van der Waals surface area contributed by atoms with Crippen molar-refractivity contribution in [2.75, 3.05) is 38.2 Å². The van der Waals surface area contributed by atoms with E-state index in [-0.39, 0.29) is 5.70 Å². The number of allylic oxidation sites excluding steroid dienone is 1. The quantitative estimate of drug-likeness (QED) is 0.0896. The molecule has 0 unspecified atom stereocenters. The number of fused-ring (bicyclic) bond motifs is 3. The molecule has 0 aliphatic heterocycles. The Bertz CT molecular complexity index is 2770. The lowest BCUT2D eigenvalue weighted by Gasteiger charge is -2.26. The van der Waals surface area contributed by atoms with Crippen LogP contribution in [0.5, 0.6) is 23.0 Å². The molecule has 1 aliphatic carbocycles. The first kappa shape index (κ1) is 40.7. The average Bonchev–Trinajstić information content (AvgIpc) is 3.68. The van der Waals surface area contributed by atoms with Gasteiger partial charge in [0.1, 0.15) is 23.0 Å². The molecule has 0 radical (unpaired) electrons. The molecule has 0 saturated carbocycles. The van der Waals surface area contributed by atoms with Crippen LogP contribution in [-0.4, -0.2) is 28.4 Å². The fraction of sp³-hybridized carbons (Fsp3) is 0.0714. The standard InChI is InChI=1S/C56H42N4O4/c1-58-55(36-57)56-53-34-39(37-6-12-41(13-7-37)59(43-16-24-47(61-2)25-17-43)44-18-26-48(62-3)27-19-44)10-32-51(53)52-33-11-40(35-54(52)56)38-8-14-42(15-9-38)60(45-20-28-49(63-4)29-21-45)46-22-30-50(64-5)31-23-46/h6-35H,2-5H3. The van der Waals surface area contributed by atoms with Gasteiger partial charge in [0.05, 0.1) is 41.1 Å². The second kappa shape index (κ2) is 17.7. The summed E-state index contributed by atoms with van der Waals surface area (Å²) >= 11 is 0. The molecule has 1 aliphatic rings. The number of hydrogen-bond acceptors (Lipinski definition) is 7. The Balaban J connectivity index is 1.04. The number of hydrogen-bond donors (Lipinski definition) is 0. The highest BCUT2D eigenvalue weighted by molar-refractivity contribution is 6.05. The predicted octanol–water partition coefficient (Wildman–Crippen LogP) is 14.2. The molecule has 8 heteroatoms. The molecule has 0 spiro atoms. The predicted molar refractivity (Wildman–Crippen MR) is 257 cm³/mol. The molecule has 64 heavy (non-hydrogen) atoms. The van der Waals surface area contributed by atoms with Gasteiger partial charge in [-0.05, 0) is 178 Å². The van der Waals surface area contributed by atoms with Crippen molar-refractivity contribution < 1.29 is 18.9 Å². The van der Waals surface area contributed by atoms with Crippen molar-refractivity contribution in [2.24, 2.45) is 0 Å². The Morgan fingerprint density at radius 3 is 0.906 bits per heavy atom. The van der Waals surface area contributed by atoms with E-state index >= 15 is 0 Å². The number of nitriles is 1. The molecule has 0 N–H and O–H groups in total. The van der Waals surface area contributed by atoms with Crippen molar-refractivity contribution in [2.45, 2.75) is 0 Å². The largest absolute Gasteiger partial charge is 0.497 e. The van der Waals surface area contributed by atoms with Gasteiger partial charge < -0.3 is 28.7 Å². The minimum atomic E-state index is 0.0595. The molecule has 0 heterocycles. The molecule has 8 nitrogen and oxygen atoms in total. The van der Waals surface area contributed by atoms with Crippen molar-refractivity contribution in [3.8, 4) is 62.4 Å². The van der Waals surface area contributed by atoms with E-state index in [4.69, 9.17) is 25.5 Å². The highest BCUT2D eigenvalue weighted by Crippen LogP contribution is 2.49. The molecule has 0 amide bonds. The highest BCUT2D eigenvalue weighted by atomic mass is 16.5. The van der Waals surface area contributed by atoms with Crippen LogP contribution < -0.4 is 28.7 Å². The summed E-state index contributed by atoms with van der Waals surface area (Å²) in [5.74, 6) is 3.12. The van der Waals surface area contributed by atoms with Gasteiger partial charge in [0.2, 0.25) is 0 Å². The number of nitrogens with zero attached hydrogens (tertiary/aromatic N) is 4. The molecular weight excluding hydrogens is 793 g/mol. The van der Waals surface area contributed by atoms with E-state index in [0.717, 1.165) is 102 Å². The zero-order valence-corrected chi connectivity index (χ0v) is 35.7. The van der Waals surface area contributed by atoms with E-state index in [0.29, 0.717) is 5.57 Å². The summed E-state index contributed by atoms with van der Waals surface area (Å²) in [5, 5.41) is 10.3. The molecule has 8 aromatic rings. The first-order chi connectivity index (χ1) is 31.4. The molecule has 0 bridgehead atoms. The van der Waals surface area contributed by atoms with Crippen LogP contribution in [-0.2, 0) is 0 Å². The highest BCUT2D eigenvalue weighted by Gasteiger charge is 2.28. The molecule has 9 rings (SSSR count). The van der Waals surface area contributed by atoms with Crippen LogP contribution in [0.4, 0.5) is 34.1 Å². The van der Waals surface area contributed by atoms with Gasteiger partial charge in [-0.1, -0.05) is 48.5 Å². The van der Waals surface area contributed by atoms with Crippen LogP contribution in [0, 0.1) is 17.9 Å². The molecule has 310 valence electrons. The van der Waals surface area contributed by atoms with Gasteiger partial charge in [0, 0.05) is 39.7 Å². The van der Waals surface area contributed by atoms with Crippen LogP contribution in [0.2, 0.25) is 0 Å². The smallest absolute Gasteiger partial charge is 0.270 e. The average molecular weight is 835 g/mol. The van der Waals surface area contributed by atoms with E-state index < -0.39 is 0 Å². The van der Waals surface area contributed by atoms with E-state index in [9.17, 15) is 5.26 Å². The Labute approximate surface area is 373 Å². The van der Waals surface area contributed by atoms with Crippen molar-refractivity contribution in [1.29, 1.82) is 5.26 Å². The van der Waals surface area contributed by atoms with Gasteiger partial charge in [0.25, 0.3) is 5.70 Å². The molecular formula is C56H42N4O4. The maximum absolute atomic E-state index is 10.3. The lowest BCUT2D eigenvalue weighted by molar-refractivity contribution is 0.414. The Kier molecular flexibility index (Phi) is 11.3. The van der Waals surface area contributed by atoms with Crippen molar-refractivity contribution in [3.63, 3.8) is 0 Å². The van der Waals surface area contributed by atoms with Crippen molar-refractivity contribution >= 4 is 39.7 Å². The normalized spacial score (nSPS) is 11.1. The Morgan fingerprint density at radius 2 is 0.656 bits per heavy atom. The lowest BCUT2D eigenvalue weighted by atomic mass is 9.96. The van der Waals surface area contributed by atoms with Gasteiger partial charge in [-0.25, -0.2) is 10.1 Å². The third kappa shape index (κ3) is 7.73. The minimum absolute atomic E-state index is 0.0595. The van der Waals surface area contributed by atoms with Crippen LogP contribution in [0.15, 0.2) is 188 Å². The first-order valence-electron chi connectivity index (χ1n) is 20.6. The summed E-state index contributed by atoms with van der Waals surface area (Å²) in [7, 11) is 6.65. The molecule has 0 fully saturated rings. The van der Waals surface area contributed by atoms with E-state index in [1.165, 1.54) is 0 Å². The van der Waals surface area contributed by atoms with Crippen LogP contribution >= 0.6 is 0 Å². The minimum Gasteiger partial charge on any atom is -0.497 e. The van der Waals surface area contributed by atoms with Gasteiger partial charge in [-0.2, -0.15) is 0 Å². The zero-order chi connectivity index (χ0) is 44.2. The van der Waals surface area contributed by atoms with Crippen molar-refractivity contribution in [3.05, 3.63) is 210 Å². The number of ether oxygens (including phenoxy) is 4. The van der Waals surface area contributed by atoms with Gasteiger partial charge in [-0.3, -0.25) is 0 Å². The number of anilines is 6. The van der Waals surface area contributed by atoms with Gasteiger partial charge in [-0.15, -0.1) is 0 Å². The maximum atomic E-state index is 10.3. The monoisotopic (exact) mass is 834 g/mol. The number of benzene rings is 8. The van der Waals surface area contributed by atoms with E-state index in [1.54, 1.807) is 28.4 Å². The SMILES string of the molecule is [C-]#[N+]C(C#N)=C1c2cc(-c3ccc(N(c4ccc(OC)cc4)c4ccc(OC)cc4)cc3)ccc2-c2ccc(-c3ccc(N(c4ccc(OC)cc4)c4ccc(OC)cc4)cc3)cc21. The third-order valence-electron chi connectivity index (χ3n) is 11.6. The number of methoxy groups -OCH3 is 4. The second-order valence-electron chi connectivity index (χ2n) is 15.0. The van der Waals surface area contributed by atoms with Gasteiger partial charge >= 0.3 is 0 Å². The second-order valence-corrected chi connectivity index (χ2v) is 15.0. The fourth-order valence-corrected chi connectivity index (χ4v) is 8.29. The third-order valence-corrected chi connectivity index (χ3v) is 11.6. The summed E-state index contributed by atoms with van der Waals surface area (Å²) in [6.07, 6.45) is 0. The van der Waals surface area contributed by atoms with Gasteiger partial charge in [0.15, 0.2) is 0 Å². The number of rotatable bonds is 12. The van der Waals surface area contributed by atoms with E-state index in [1.807, 2.05) is 97.1 Å². The lowest BCUT2D eigenvalue weighted by Crippen LogP contribution is -2.09. The summed E-state index contributed by atoms with van der Waals surface area (Å²) in [6, 6.07) is 63.6. The molecule has 0 saturated heterocycles. The van der Waals surface area contributed by atoms with Crippen molar-refractivity contribution in [1.82, 2.24) is 0 Å². The maximum Gasteiger partial charge on any atom is 0.270 e. The Hall–Kier alpha value is -8.72. The summed E-state index contributed by atoms with van der Waals surface area (Å²) in [4.78, 5) is 8.10. The zero-order valence-electron chi connectivity index (χ0n) is 35.7. The van der Waals surface area contributed by atoms with Crippen LogP contribution in [0.25, 0.3) is 43.8 Å². The van der Waals surface area contributed by atoms with Crippen LogP contribution in [0.1, 0.15) is 11.1 Å². The summed E-state index contributed by atoms with van der Waals surface area (Å²) in [6.45, 7) is 8.05. The van der Waals surface area contributed by atoms with Crippen LogP contribution in [0.3, 0.4) is 0 Å². The first-order valence-corrected chi connectivity index (χ1v) is 20.6. The summed E-state index contributed by atoms with van der Waals surface area (Å²) < 4.78 is 21.8. The molecule has 0 atom stereocenters. The fourth-order valence-electron chi connectivity index (χ4n) is 8.29. The Morgan fingerprint density at radius 1 is 0.391 bits per heavy atom. The summed E-state index contributed by atoms with van der Waals surface area (Å²) in [5.41, 5.74) is 14.2. The van der Waals surface area contributed by atoms with E-state index in [2.05, 4.69) is 106 Å².